The summed E-state index contributed by atoms with van der Waals surface area (Å²) >= 11 is 0. The van der Waals surface area contributed by atoms with Crippen LogP contribution in [0.5, 0.6) is 0 Å². The number of rotatable bonds is 7. The lowest BCUT2D eigenvalue weighted by molar-refractivity contribution is 0.159. The second kappa shape index (κ2) is 7.43. The van der Waals surface area contributed by atoms with Crippen LogP contribution >= 0.6 is 0 Å². The van der Waals surface area contributed by atoms with Gasteiger partial charge in [-0.3, -0.25) is 0 Å². The highest BCUT2D eigenvalue weighted by molar-refractivity contribution is 5.35. The Bertz CT molecular complexity index is 251. The van der Waals surface area contributed by atoms with Crippen molar-refractivity contribution in [3.63, 3.8) is 0 Å². The fourth-order valence-corrected chi connectivity index (χ4v) is 1.39. The van der Waals surface area contributed by atoms with Crippen LogP contribution in [0.25, 0.3) is 0 Å². The van der Waals surface area contributed by atoms with E-state index >= 15 is 0 Å². The molecule has 0 saturated heterocycles. The van der Waals surface area contributed by atoms with E-state index in [-0.39, 0.29) is 0 Å². The normalized spacial score (nSPS) is 16.6. The Labute approximate surface area is 92.3 Å². The van der Waals surface area contributed by atoms with Gasteiger partial charge in [-0.2, -0.15) is 0 Å². The molecule has 0 saturated carbocycles. The standard InChI is InChI=1S/C13H20O2/c1-3-5-8-14-9-6-7-13-11-15-10-12(13)4-2/h4,6-7H,2-3,5,8-11H2,1H3/b7-6+. The number of hydrogen-bond acceptors (Lipinski definition) is 2. The van der Waals surface area contributed by atoms with E-state index in [1.54, 1.807) is 0 Å². The Kier molecular flexibility index (Phi) is 6.05. The lowest BCUT2D eigenvalue weighted by Crippen LogP contribution is -1.93. The molecule has 2 heteroatoms. The first kappa shape index (κ1) is 12.2. The summed E-state index contributed by atoms with van der Waals surface area (Å²) in [5, 5.41) is 0. The van der Waals surface area contributed by atoms with Gasteiger partial charge in [0.25, 0.3) is 0 Å². The van der Waals surface area contributed by atoms with Crippen LogP contribution < -0.4 is 0 Å². The number of hydrogen-bond donors (Lipinski definition) is 0. The fraction of sp³-hybridized carbons (Fsp3) is 0.538. The topological polar surface area (TPSA) is 18.5 Å². The van der Waals surface area contributed by atoms with Crippen LogP contribution in [-0.4, -0.2) is 26.4 Å². The smallest absolute Gasteiger partial charge is 0.0724 e. The van der Waals surface area contributed by atoms with E-state index in [9.17, 15) is 0 Å². The summed E-state index contributed by atoms with van der Waals surface area (Å²) < 4.78 is 10.7. The van der Waals surface area contributed by atoms with Crippen molar-refractivity contribution in [2.75, 3.05) is 26.4 Å². The van der Waals surface area contributed by atoms with Gasteiger partial charge >= 0.3 is 0 Å². The molecule has 1 rings (SSSR count). The fourth-order valence-electron chi connectivity index (χ4n) is 1.39. The van der Waals surface area contributed by atoms with Crippen molar-refractivity contribution < 1.29 is 9.47 Å². The Morgan fingerprint density at radius 2 is 2.20 bits per heavy atom. The molecule has 15 heavy (non-hydrogen) atoms. The maximum Gasteiger partial charge on any atom is 0.0724 e. The summed E-state index contributed by atoms with van der Waals surface area (Å²) in [6.45, 7) is 8.86. The SMILES string of the molecule is C=CC1=C(/C=C/COCCCC)COC1. The lowest BCUT2D eigenvalue weighted by atomic mass is 10.1. The van der Waals surface area contributed by atoms with Gasteiger partial charge in [0.2, 0.25) is 0 Å². The van der Waals surface area contributed by atoms with Gasteiger partial charge in [0, 0.05) is 6.61 Å². The van der Waals surface area contributed by atoms with E-state index in [0.717, 1.165) is 13.0 Å². The zero-order valence-corrected chi connectivity index (χ0v) is 9.50. The van der Waals surface area contributed by atoms with Crippen LogP contribution in [-0.2, 0) is 9.47 Å². The Hall–Kier alpha value is -0.860. The van der Waals surface area contributed by atoms with Crippen molar-refractivity contribution in [3.8, 4) is 0 Å². The van der Waals surface area contributed by atoms with Crippen LogP contribution in [0, 0.1) is 0 Å². The summed E-state index contributed by atoms with van der Waals surface area (Å²) in [5.74, 6) is 0. The van der Waals surface area contributed by atoms with Crippen LogP contribution in [0.4, 0.5) is 0 Å². The largest absolute Gasteiger partial charge is 0.377 e. The van der Waals surface area contributed by atoms with Gasteiger partial charge in [0.05, 0.1) is 19.8 Å². The average molecular weight is 208 g/mol. The molecule has 0 aromatic rings. The van der Waals surface area contributed by atoms with Gasteiger partial charge < -0.3 is 9.47 Å². The molecule has 0 spiro atoms. The Balaban J connectivity index is 2.22. The summed E-state index contributed by atoms with van der Waals surface area (Å²) in [6.07, 6.45) is 8.31. The third-order valence-electron chi connectivity index (χ3n) is 2.35. The molecule has 0 aliphatic carbocycles. The first-order valence-corrected chi connectivity index (χ1v) is 5.55. The Morgan fingerprint density at radius 3 is 2.93 bits per heavy atom. The molecule has 0 fully saturated rings. The zero-order valence-electron chi connectivity index (χ0n) is 9.50. The molecule has 0 aromatic carbocycles. The minimum absolute atomic E-state index is 0.688. The van der Waals surface area contributed by atoms with E-state index in [2.05, 4.69) is 19.6 Å². The minimum Gasteiger partial charge on any atom is -0.377 e. The third-order valence-corrected chi connectivity index (χ3v) is 2.35. The molecule has 0 aromatic heterocycles. The minimum atomic E-state index is 0.688. The first-order valence-electron chi connectivity index (χ1n) is 5.55. The summed E-state index contributed by atoms with van der Waals surface area (Å²) in [7, 11) is 0. The van der Waals surface area contributed by atoms with Crippen LogP contribution in [0.2, 0.25) is 0 Å². The van der Waals surface area contributed by atoms with Gasteiger partial charge in [-0.05, 0) is 17.6 Å². The maximum atomic E-state index is 5.43. The predicted octanol–water partition coefficient (Wildman–Crippen LogP) is 2.87. The predicted molar refractivity (Wildman–Crippen MR) is 62.9 cm³/mol. The van der Waals surface area contributed by atoms with E-state index < -0.39 is 0 Å². The molecule has 84 valence electrons. The summed E-state index contributed by atoms with van der Waals surface area (Å²) in [6, 6.07) is 0. The number of unbranched alkanes of at least 4 members (excludes halogenated alkanes) is 1. The van der Waals surface area contributed by atoms with Crippen LogP contribution in [0.15, 0.2) is 36.0 Å². The van der Waals surface area contributed by atoms with E-state index in [1.807, 2.05) is 12.2 Å². The van der Waals surface area contributed by atoms with Crippen molar-refractivity contribution in [3.05, 3.63) is 36.0 Å². The molecule has 0 bridgehead atoms. The molecule has 1 heterocycles. The molecular weight excluding hydrogens is 188 g/mol. The summed E-state index contributed by atoms with van der Waals surface area (Å²) in [4.78, 5) is 0. The molecule has 0 amide bonds. The zero-order chi connectivity index (χ0) is 10.9. The highest BCUT2D eigenvalue weighted by Gasteiger charge is 2.08. The maximum absolute atomic E-state index is 5.43. The lowest BCUT2D eigenvalue weighted by Gasteiger charge is -1.98. The van der Waals surface area contributed by atoms with Crippen LogP contribution in [0.1, 0.15) is 19.8 Å². The second-order valence-electron chi connectivity index (χ2n) is 3.58. The molecule has 0 atom stereocenters. The molecule has 2 nitrogen and oxygen atoms in total. The highest BCUT2D eigenvalue weighted by Crippen LogP contribution is 2.15. The van der Waals surface area contributed by atoms with Gasteiger partial charge in [-0.1, -0.05) is 38.2 Å². The van der Waals surface area contributed by atoms with E-state index in [0.29, 0.717) is 19.8 Å². The molecular formula is C13H20O2. The molecule has 0 N–H and O–H groups in total. The molecule has 1 aliphatic heterocycles. The van der Waals surface area contributed by atoms with Gasteiger partial charge in [-0.15, -0.1) is 0 Å². The van der Waals surface area contributed by atoms with Crippen molar-refractivity contribution >= 4 is 0 Å². The summed E-state index contributed by atoms with van der Waals surface area (Å²) in [5.41, 5.74) is 2.42. The van der Waals surface area contributed by atoms with E-state index in [1.165, 1.54) is 17.6 Å². The van der Waals surface area contributed by atoms with E-state index in [4.69, 9.17) is 9.47 Å². The van der Waals surface area contributed by atoms with Crippen LogP contribution in [0.3, 0.4) is 0 Å². The molecule has 1 aliphatic rings. The highest BCUT2D eigenvalue weighted by atomic mass is 16.5. The quantitative estimate of drug-likeness (QED) is 0.599. The number of ether oxygens (including phenoxy) is 2. The van der Waals surface area contributed by atoms with Gasteiger partial charge in [0.15, 0.2) is 0 Å². The monoisotopic (exact) mass is 208 g/mol. The average Bonchev–Trinajstić information content (AvgIpc) is 2.70. The van der Waals surface area contributed by atoms with Crippen molar-refractivity contribution in [1.82, 2.24) is 0 Å². The van der Waals surface area contributed by atoms with Crippen molar-refractivity contribution in [2.24, 2.45) is 0 Å². The van der Waals surface area contributed by atoms with Crippen molar-refractivity contribution in [1.29, 1.82) is 0 Å². The first-order chi connectivity index (χ1) is 7.38. The van der Waals surface area contributed by atoms with Crippen molar-refractivity contribution in [2.45, 2.75) is 19.8 Å². The van der Waals surface area contributed by atoms with Gasteiger partial charge in [0.1, 0.15) is 0 Å². The molecule has 0 unspecified atom stereocenters. The van der Waals surface area contributed by atoms with Gasteiger partial charge in [-0.25, -0.2) is 0 Å². The third kappa shape index (κ3) is 4.45. The second-order valence-corrected chi connectivity index (χ2v) is 3.58. The molecule has 0 radical (unpaired) electrons. The Morgan fingerprint density at radius 1 is 1.40 bits per heavy atom.